The lowest BCUT2D eigenvalue weighted by Crippen LogP contribution is -2.55. The molecule has 2 amide bonds. The molecule has 0 aliphatic carbocycles. The third kappa shape index (κ3) is 4.79. The van der Waals surface area contributed by atoms with Crippen LogP contribution in [0.2, 0.25) is 0 Å². The largest absolute Gasteiger partial charge is 0.394 e. The molecule has 1 aliphatic heterocycles. The quantitative estimate of drug-likeness (QED) is 0.538. The number of aromatic nitrogens is 2. The summed E-state index contributed by atoms with van der Waals surface area (Å²) in [5.74, 6) is -0.686. The third-order valence-corrected chi connectivity index (χ3v) is 6.25. The second-order valence-electron chi connectivity index (χ2n) is 7.74. The van der Waals surface area contributed by atoms with Gasteiger partial charge in [0.2, 0.25) is 0 Å². The summed E-state index contributed by atoms with van der Waals surface area (Å²) in [5.41, 5.74) is 1.11. The number of anilines is 2. The van der Waals surface area contributed by atoms with Gasteiger partial charge in [-0.3, -0.25) is 5.32 Å². The number of urea groups is 1. The van der Waals surface area contributed by atoms with Gasteiger partial charge in [0, 0.05) is 38.3 Å². The number of halogens is 2. The van der Waals surface area contributed by atoms with Crippen molar-refractivity contribution in [1.29, 1.82) is 0 Å². The molecule has 2 aromatic heterocycles. The molecule has 1 aliphatic rings. The normalized spacial score (nSPS) is 17.6. The van der Waals surface area contributed by atoms with Crippen LogP contribution in [0, 0.1) is 11.6 Å². The van der Waals surface area contributed by atoms with E-state index in [0.717, 1.165) is 0 Å². The van der Waals surface area contributed by atoms with Gasteiger partial charge in [0.1, 0.15) is 5.82 Å². The van der Waals surface area contributed by atoms with E-state index in [2.05, 4.69) is 15.3 Å². The number of nitrogens with zero attached hydrogens (tertiary/aromatic N) is 4. The van der Waals surface area contributed by atoms with Gasteiger partial charge in [-0.05, 0) is 36.8 Å². The molecular weight excluding hydrogens is 440 g/mol. The molecule has 0 unspecified atom stereocenters. The summed E-state index contributed by atoms with van der Waals surface area (Å²) in [5, 5.41) is 21.6. The Morgan fingerprint density at radius 3 is 2.88 bits per heavy atom. The van der Waals surface area contributed by atoms with Gasteiger partial charge in [0.15, 0.2) is 16.8 Å². The van der Waals surface area contributed by atoms with Crippen molar-refractivity contribution in [2.75, 3.05) is 36.5 Å². The predicted molar refractivity (Wildman–Crippen MR) is 118 cm³/mol. The van der Waals surface area contributed by atoms with Gasteiger partial charge in [-0.15, -0.1) is 0 Å². The molecule has 0 bridgehead atoms. The number of fused-ring (bicyclic) bond motifs is 1. The zero-order valence-electron chi connectivity index (χ0n) is 17.3. The summed E-state index contributed by atoms with van der Waals surface area (Å²) in [6.45, 7) is 2.59. The van der Waals surface area contributed by atoms with E-state index >= 15 is 0 Å². The van der Waals surface area contributed by atoms with Crippen molar-refractivity contribution >= 4 is 38.5 Å². The molecule has 3 N–H and O–H groups in total. The van der Waals surface area contributed by atoms with Crippen LogP contribution in [0.4, 0.5) is 24.5 Å². The number of rotatable bonds is 5. The fourth-order valence-electron chi connectivity index (χ4n) is 3.71. The molecule has 1 aromatic carbocycles. The minimum atomic E-state index is -0.961. The predicted octanol–water partition coefficient (Wildman–Crippen LogP) is 2.61. The van der Waals surface area contributed by atoms with E-state index in [0.29, 0.717) is 40.5 Å². The number of aliphatic hydroxyl groups is 2. The topological polar surface area (TPSA) is 102 Å². The Balaban J connectivity index is 1.39. The number of carbonyl (C=O) groups excluding carboxylic acids is 1. The van der Waals surface area contributed by atoms with Crippen LogP contribution in [0.15, 0.2) is 30.5 Å². The molecule has 1 fully saturated rings. The average molecular weight is 464 g/mol. The van der Waals surface area contributed by atoms with Crippen molar-refractivity contribution in [1.82, 2.24) is 14.9 Å². The van der Waals surface area contributed by atoms with E-state index in [4.69, 9.17) is 5.11 Å². The van der Waals surface area contributed by atoms with Crippen molar-refractivity contribution in [3.63, 3.8) is 0 Å². The zero-order valence-corrected chi connectivity index (χ0v) is 18.1. The summed E-state index contributed by atoms with van der Waals surface area (Å²) in [7, 11) is 0. The number of aliphatic hydroxyl groups excluding tert-OH is 2. The fraction of sp³-hybridized carbons (Fsp3) is 0.381. The van der Waals surface area contributed by atoms with E-state index in [-0.39, 0.29) is 30.1 Å². The third-order valence-electron chi connectivity index (χ3n) is 5.31. The van der Waals surface area contributed by atoms with E-state index < -0.39 is 18.5 Å². The Bertz CT molecular complexity index is 1130. The number of hydrogen-bond donors (Lipinski definition) is 3. The maximum absolute atomic E-state index is 14.7. The lowest BCUT2D eigenvalue weighted by Gasteiger charge is -2.40. The van der Waals surface area contributed by atoms with Gasteiger partial charge in [0.05, 0.1) is 22.9 Å². The molecule has 8 nitrogen and oxygen atoms in total. The highest BCUT2D eigenvalue weighted by atomic mass is 32.1. The molecule has 0 saturated carbocycles. The number of nitrogens with one attached hydrogen (secondary N) is 1. The van der Waals surface area contributed by atoms with E-state index in [9.17, 15) is 18.7 Å². The van der Waals surface area contributed by atoms with Crippen LogP contribution in [-0.4, -0.2) is 69.5 Å². The molecule has 0 spiro atoms. The van der Waals surface area contributed by atoms with Crippen molar-refractivity contribution in [2.45, 2.75) is 25.5 Å². The molecule has 170 valence electrons. The Morgan fingerprint density at radius 1 is 1.34 bits per heavy atom. The molecule has 3 heterocycles. The molecule has 3 aromatic rings. The first-order valence-corrected chi connectivity index (χ1v) is 11.0. The Labute approximate surface area is 187 Å². The lowest BCUT2D eigenvalue weighted by molar-refractivity contribution is 0.0954. The van der Waals surface area contributed by atoms with Crippen LogP contribution in [0.25, 0.3) is 10.2 Å². The molecule has 1 saturated heterocycles. The fourth-order valence-corrected chi connectivity index (χ4v) is 4.59. The Kier molecular flexibility index (Phi) is 6.49. The molecule has 11 heteroatoms. The standard InChI is InChI=1S/C21H23F2N5O3S/c1-12-10-27(21(31)26-20-25-17-3-2-14(22)8-18(17)32-20)4-5-28(12)19-16(23)7-13(9-24-19)6-15(30)11-29/h2-3,7-9,12,15,29-30H,4-6,10-11H2,1H3,(H,25,26,31)/t12-,15-/m0/s1. The molecule has 32 heavy (non-hydrogen) atoms. The van der Waals surface area contributed by atoms with Gasteiger partial charge in [-0.2, -0.15) is 0 Å². The minimum absolute atomic E-state index is 0.114. The second-order valence-corrected chi connectivity index (χ2v) is 8.77. The first kappa shape index (κ1) is 22.3. The van der Waals surface area contributed by atoms with Gasteiger partial charge in [0.25, 0.3) is 0 Å². The molecular formula is C21H23F2N5O3S. The van der Waals surface area contributed by atoms with Crippen LogP contribution >= 0.6 is 11.3 Å². The zero-order chi connectivity index (χ0) is 22.8. The maximum Gasteiger partial charge on any atom is 0.323 e. The van der Waals surface area contributed by atoms with Crippen molar-refractivity contribution in [3.8, 4) is 0 Å². The smallest absolute Gasteiger partial charge is 0.323 e. The summed E-state index contributed by atoms with van der Waals surface area (Å²) in [4.78, 5) is 24.6. The summed E-state index contributed by atoms with van der Waals surface area (Å²) in [6.07, 6.45) is 0.638. The molecule has 0 radical (unpaired) electrons. The monoisotopic (exact) mass is 463 g/mol. The van der Waals surface area contributed by atoms with Crippen LogP contribution in [0.3, 0.4) is 0 Å². The van der Waals surface area contributed by atoms with Crippen molar-refractivity contribution in [2.24, 2.45) is 0 Å². The van der Waals surface area contributed by atoms with E-state index in [1.807, 2.05) is 6.92 Å². The number of pyridine rings is 1. The maximum atomic E-state index is 14.7. The van der Waals surface area contributed by atoms with Gasteiger partial charge in [-0.1, -0.05) is 11.3 Å². The minimum Gasteiger partial charge on any atom is -0.394 e. The van der Waals surface area contributed by atoms with Crippen LogP contribution in [-0.2, 0) is 6.42 Å². The molecule has 4 rings (SSSR count). The number of benzene rings is 1. The van der Waals surface area contributed by atoms with Crippen LogP contribution < -0.4 is 10.2 Å². The van der Waals surface area contributed by atoms with Crippen molar-refractivity contribution in [3.05, 3.63) is 47.7 Å². The van der Waals surface area contributed by atoms with Gasteiger partial charge in [-0.25, -0.2) is 23.5 Å². The number of carbonyl (C=O) groups is 1. The summed E-state index contributed by atoms with van der Waals surface area (Å²) in [6, 6.07) is 5.06. The summed E-state index contributed by atoms with van der Waals surface area (Å²) < 4.78 is 28.7. The van der Waals surface area contributed by atoms with Crippen LogP contribution in [0.1, 0.15) is 12.5 Å². The lowest BCUT2D eigenvalue weighted by atomic mass is 10.1. The number of thiazole rings is 1. The average Bonchev–Trinajstić information content (AvgIpc) is 3.15. The van der Waals surface area contributed by atoms with Gasteiger partial charge < -0.3 is 20.0 Å². The first-order chi connectivity index (χ1) is 15.3. The SMILES string of the molecule is C[C@H]1CN(C(=O)Nc2nc3ccc(F)cc3s2)CCN1c1ncc(C[C@H](O)CO)cc1F. The second kappa shape index (κ2) is 9.31. The van der Waals surface area contributed by atoms with Gasteiger partial charge >= 0.3 is 6.03 Å². The highest BCUT2D eigenvalue weighted by Crippen LogP contribution is 2.27. The highest BCUT2D eigenvalue weighted by Gasteiger charge is 2.29. The first-order valence-electron chi connectivity index (χ1n) is 10.2. The van der Waals surface area contributed by atoms with E-state index in [1.165, 1.54) is 35.7 Å². The van der Waals surface area contributed by atoms with E-state index in [1.54, 1.807) is 15.9 Å². The number of amides is 2. The Morgan fingerprint density at radius 2 is 2.16 bits per heavy atom. The number of hydrogen-bond acceptors (Lipinski definition) is 7. The highest BCUT2D eigenvalue weighted by molar-refractivity contribution is 7.22. The molecule has 2 atom stereocenters. The summed E-state index contributed by atoms with van der Waals surface area (Å²) >= 11 is 1.20. The van der Waals surface area contributed by atoms with Crippen LogP contribution in [0.5, 0.6) is 0 Å². The Hall–Kier alpha value is -2.89. The number of piperazine rings is 1. The van der Waals surface area contributed by atoms with Crippen molar-refractivity contribution < 1.29 is 23.8 Å².